The molecule has 2 radical (unpaired) electrons. The Labute approximate surface area is 489 Å². The van der Waals surface area contributed by atoms with Gasteiger partial charge >= 0.3 is 360 Å². The van der Waals surface area contributed by atoms with E-state index in [9.17, 15) is 0 Å². The van der Waals surface area contributed by atoms with E-state index in [0.29, 0.717) is 0 Å². The van der Waals surface area contributed by atoms with Crippen LogP contribution in [0, 0.1) is 0 Å². The fourth-order valence-corrected chi connectivity index (χ4v) is 0. The molecule has 0 aliphatic carbocycles. The molecule has 0 aliphatic heterocycles. The zero-order valence-corrected chi connectivity index (χ0v) is 55.4. The van der Waals surface area contributed by atoms with Gasteiger partial charge in [0.05, 0.1) is 0 Å². The summed E-state index contributed by atoms with van der Waals surface area (Å²) < 4.78 is 342. The average molecular weight is 1730 g/mol. The van der Waals surface area contributed by atoms with Crippen molar-refractivity contribution in [2.24, 2.45) is 0 Å². The summed E-state index contributed by atoms with van der Waals surface area (Å²) >= 11 is -28.8. The van der Waals surface area contributed by atoms with Crippen molar-refractivity contribution in [2.75, 3.05) is 0 Å². The van der Waals surface area contributed by atoms with E-state index in [4.69, 9.17) is 167 Å². The minimum atomic E-state index is -5.75. The van der Waals surface area contributed by atoms with E-state index in [2.05, 4.69) is 0 Å². The summed E-state index contributed by atoms with van der Waals surface area (Å²) in [5.41, 5.74) is 0. The second-order valence-corrected chi connectivity index (χ2v) is 14.5. The van der Waals surface area contributed by atoms with Crippen LogP contribution in [0.5, 0.6) is 0 Å². The van der Waals surface area contributed by atoms with Crippen molar-refractivity contribution in [3.8, 4) is 0 Å². The van der Waals surface area contributed by atoms with Crippen LogP contribution >= 0.6 is 0 Å². The molecule has 0 aromatic rings. The summed E-state index contributed by atoms with van der Waals surface area (Å²) in [6.07, 6.45) is 0. The molecule has 338 valence electrons. The Balaban J connectivity index is -0.0000000189. The van der Waals surface area contributed by atoms with Crippen LogP contribution in [-0.4, -0.2) is 211 Å². The second-order valence-electron chi connectivity index (χ2n) is 4.08. The Kier molecular flexibility index (Phi) is 117. The summed E-state index contributed by atoms with van der Waals surface area (Å²) in [7, 11) is -25.8. The minimum Gasteiger partial charge on any atom is 4.00 e. The first-order valence-corrected chi connectivity index (χ1v) is 23.7. The van der Waals surface area contributed by atoms with Crippen molar-refractivity contribution in [1.29, 1.82) is 0 Å². The zero-order chi connectivity index (χ0) is 45.0. The fourth-order valence-electron chi connectivity index (χ4n) is 0. The molecule has 0 heterocycles. The quantitative estimate of drug-likeness (QED) is 0.123. The maximum absolute atomic E-state index is 8.59. The van der Waals surface area contributed by atoms with Crippen molar-refractivity contribution < 1.29 is 324 Å². The van der Waals surface area contributed by atoms with E-state index >= 15 is 0 Å². The van der Waals surface area contributed by atoms with E-state index < -0.39 is 120 Å². The van der Waals surface area contributed by atoms with Crippen LogP contribution < -0.4 is 41.6 Å². The van der Waals surface area contributed by atoms with Gasteiger partial charge in [0.1, 0.15) is 0 Å². The smallest absolute Gasteiger partial charge is 4.00 e. The zero-order valence-electron chi connectivity index (χ0n) is 24.8. The normalized spacial score (nSPS) is 10.0. The van der Waals surface area contributed by atoms with Gasteiger partial charge in [-0.3, -0.25) is 42.1 Å². The van der Waals surface area contributed by atoms with Gasteiger partial charge in [0.15, 0.2) is 0 Å². The summed E-state index contributed by atoms with van der Waals surface area (Å²) in [5.74, 6) is 0. The van der Waals surface area contributed by atoms with Crippen LogP contribution in [0.3, 0.4) is 0 Å². The molecule has 40 nitrogen and oxygen atoms in total. The molecule has 0 N–H and O–H groups in total. The van der Waals surface area contributed by atoms with Gasteiger partial charge in [0, 0.05) is 52.0 Å². The third kappa shape index (κ3) is 5440. The van der Waals surface area contributed by atoms with E-state index in [1.54, 1.807) is 0 Å². The van der Waals surface area contributed by atoms with Crippen molar-refractivity contribution in [2.45, 2.75) is 0 Å². The molecule has 0 fully saturated rings. The Morgan fingerprint density at radius 3 is 0.241 bits per heavy atom. The molecule has 0 atom stereocenters. The summed E-state index contributed by atoms with van der Waals surface area (Å²) in [6, 6.07) is 0. The molecule has 58 heavy (non-hydrogen) atoms. The standard InChI is InChI=1S/2Ca.2Cd.5Cr.2Cu.5H2O4S.20O.2Sn/c;;;;;;;;;;;5*1-5(2,3)4;;;;;;;;;;;;;;;;;;;;;;/h;;;;;;;;;;;5*(H2,1,2,3,4);;;;;;;;;;;;;;;;;;;;;;/q4*+2;;;;;;2*+2;;;;;;;;;;;;;;;;10*-1;2*+4/p-10. The molecule has 0 bridgehead atoms. The van der Waals surface area contributed by atoms with E-state index in [-0.39, 0.29) is 212 Å². The Bertz CT molecular complexity index is 1430. The maximum atomic E-state index is 8.59. The number of hydrogen-bond donors (Lipinski definition) is 0. The number of rotatable bonds is 0. The minimum absolute atomic E-state index is 0. The molecule has 58 heteroatoms. The summed E-state index contributed by atoms with van der Waals surface area (Å²) in [5, 5.41) is 0. The topological polar surface area (TPSA) is 803 Å². The van der Waals surface area contributed by atoms with Gasteiger partial charge in [-0.05, 0) is 0 Å². The Hall–Kier alpha value is 6.61. The molecule has 0 unspecified atom stereocenters. The van der Waals surface area contributed by atoms with Gasteiger partial charge in [0.2, 0.25) is 0 Å². The molecule has 0 saturated carbocycles. The first-order chi connectivity index (χ1) is 20.0. The van der Waals surface area contributed by atoms with Crippen molar-refractivity contribution >= 4 is 175 Å². The fraction of sp³-hybridized carbons (Fsp3) is 0. The first-order valence-electron chi connectivity index (χ1n) is 6.67. The molecule has 0 aromatic carbocycles. The third-order valence-electron chi connectivity index (χ3n) is 0. The van der Waals surface area contributed by atoms with Crippen molar-refractivity contribution in [3.63, 3.8) is 0 Å². The van der Waals surface area contributed by atoms with Crippen LogP contribution in [0.25, 0.3) is 0 Å². The van der Waals surface area contributed by atoms with Gasteiger partial charge in [-0.2, -0.15) is 0 Å². The van der Waals surface area contributed by atoms with Crippen LogP contribution in [0.15, 0.2) is 0 Å². The van der Waals surface area contributed by atoms with Gasteiger partial charge in [-0.1, -0.05) is 0 Å². The van der Waals surface area contributed by atoms with Gasteiger partial charge in [0.25, 0.3) is 0 Å². The molecule has 0 aromatic heterocycles. The molecule has 0 rings (SSSR count). The Morgan fingerprint density at radius 1 is 0.241 bits per heavy atom. The van der Waals surface area contributed by atoms with Crippen LogP contribution in [-0.2, 0) is 247 Å². The van der Waals surface area contributed by atoms with Gasteiger partial charge in [-0.25, -0.2) is 0 Å². The third-order valence-corrected chi connectivity index (χ3v) is 0. The average Bonchev–Trinajstić information content (AvgIpc) is 2.34. The van der Waals surface area contributed by atoms with Crippen LogP contribution in [0.4, 0.5) is 0 Å². The molecule has 0 spiro atoms. The van der Waals surface area contributed by atoms with Crippen LogP contribution in [0.1, 0.15) is 0 Å². The monoisotopic (exact) mass is 1730 g/mol. The van der Waals surface area contributed by atoms with Crippen molar-refractivity contribution in [1.82, 2.24) is 0 Å². The van der Waals surface area contributed by atoms with Gasteiger partial charge < -0.3 is 45.5 Å². The molecular formula is Ca2Cd2Cr5Cu2O40S5Sn2. The Morgan fingerprint density at radius 2 is 0.241 bits per heavy atom. The molecule has 0 aliphatic rings. The maximum Gasteiger partial charge on any atom is 4.00 e. The van der Waals surface area contributed by atoms with E-state index in [1.165, 1.54) is 0 Å². The molecular weight excluding hydrogens is 1730 g/mol. The summed E-state index contributed by atoms with van der Waals surface area (Å²) in [6.45, 7) is 0. The van der Waals surface area contributed by atoms with E-state index in [0.717, 1.165) is 0 Å². The van der Waals surface area contributed by atoms with E-state index in [1.807, 2.05) is 0 Å². The summed E-state index contributed by atoms with van der Waals surface area (Å²) in [4.78, 5) is 0. The largest absolute Gasteiger partial charge is 4.00 e. The van der Waals surface area contributed by atoms with Crippen molar-refractivity contribution in [3.05, 3.63) is 0 Å². The molecule has 0 saturated heterocycles. The first kappa shape index (κ1) is 120. The van der Waals surface area contributed by atoms with Crippen LogP contribution in [0.2, 0.25) is 0 Å². The predicted molar refractivity (Wildman–Crippen MR) is 82.3 cm³/mol. The number of hydrogen-bond acceptors (Lipinski definition) is 40. The molecule has 0 amide bonds. The SMILES string of the molecule is O=S(=O)([O-])[O-].O=S(=O)([O-])[O-].O=S(=O)([O-])[O-].O=S(=O)([O-])[O-].O=S(=O)([O-])[O-].[Ca+2].[Ca+2].[Cd+2].[Cd+2].[Cu+2].[Cu+2].[O]=[Cr](=[O])([O-])[O-].[O]=[Cr](=[O])([O-])[O-].[O]=[Cr](=[O])([O-])[O-].[O]=[Cr](=[O])([O-])[O-].[O]=[Cr](=[O])([O-])[O-].[Sn+4].[Sn+4]. The predicted octanol–water partition coefficient (Wildman–Crippen LogP) is -21.3. The van der Waals surface area contributed by atoms with Gasteiger partial charge in [-0.15, -0.1) is 0 Å². The second kappa shape index (κ2) is 56.2.